The van der Waals surface area contributed by atoms with Gasteiger partial charge in [-0.2, -0.15) is 0 Å². The van der Waals surface area contributed by atoms with Gasteiger partial charge in [-0.1, -0.05) is 0 Å². The molecule has 1 N–H and O–H groups in total. The van der Waals surface area contributed by atoms with Crippen LogP contribution in [0.5, 0.6) is 0 Å². The molecule has 0 unspecified atom stereocenters. The third kappa shape index (κ3) is 2.57. The molecule has 0 spiro atoms. The number of carboxylic acid groups (broad SMARTS) is 1. The van der Waals surface area contributed by atoms with Crippen molar-refractivity contribution in [2.45, 2.75) is 13.3 Å². The van der Waals surface area contributed by atoms with Gasteiger partial charge >= 0.3 is 5.97 Å². The van der Waals surface area contributed by atoms with Gasteiger partial charge < -0.3 is 10.0 Å². The molecular formula is C13H13F2NO3. The minimum atomic E-state index is -0.981. The molecule has 1 aromatic rings. The number of rotatable bonds is 2. The van der Waals surface area contributed by atoms with E-state index in [1.807, 2.05) is 0 Å². The van der Waals surface area contributed by atoms with E-state index in [9.17, 15) is 18.4 Å². The van der Waals surface area contributed by atoms with E-state index in [-0.39, 0.29) is 24.2 Å². The summed E-state index contributed by atoms with van der Waals surface area (Å²) in [5.41, 5.74) is -0.229. The number of carbonyl (C=O) groups excluding carboxylic acids is 1. The Labute approximate surface area is 108 Å². The Kier molecular flexibility index (Phi) is 3.50. The van der Waals surface area contributed by atoms with Crippen LogP contribution in [-0.4, -0.2) is 35.0 Å². The zero-order chi connectivity index (χ0) is 14.2. The normalized spacial score (nSPS) is 18.7. The lowest BCUT2D eigenvalue weighted by Crippen LogP contribution is -2.30. The number of benzene rings is 1. The SMILES string of the molecule is Cc1cc(F)c(C(=O)N2CC[C@@H](C(=O)O)C2)cc1F. The number of aryl methyl sites for hydroxylation is 1. The predicted octanol–water partition coefficient (Wildman–Crippen LogP) is 1.82. The van der Waals surface area contributed by atoms with E-state index in [4.69, 9.17) is 5.11 Å². The summed E-state index contributed by atoms with van der Waals surface area (Å²) in [4.78, 5) is 24.1. The second kappa shape index (κ2) is 4.95. The van der Waals surface area contributed by atoms with Crippen LogP contribution in [0.1, 0.15) is 22.3 Å². The number of hydrogen-bond acceptors (Lipinski definition) is 2. The van der Waals surface area contributed by atoms with E-state index in [1.54, 1.807) is 0 Å². The molecule has 1 aliphatic rings. The van der Waals surface area contributed by atoms with E-state index in [1.165, 1.54) is 11.8 Å². The van der Waals surface area contributed by atoms with E-state index in [2.05, 4.69) is 0 Å². The number of likely N-dealkylation sites (tertiary alicyclic amines) is 1. The minimum absolute atomic E-state index is 0.0309. The van der Waals surface area contributed by atoms with Crippen molar-refractivity contribution < 1.29 is 23.5 Å². The first kappa shape index (κ1) is 13.5. The summed E-state index contributed by atoms with van der Waals surface area (Å²) in [7, 11) is 0. The standard InChI is InChI=1S/C13H13F2NO3/c1-7-4-11(15)9(5-10(7)14)12(17)16-3-2-8(6-16)13(18)19/h4-5,8H,2-3,6H2,1H3,(H,18,19)/t8-/m1/s1. The lowest BCUT2D eigenvalue weighted by atomic mass is 10.1. The number of aliphatic carboxylic acids is 1. The molecule has 0 aromatic heterocycles. The Morgan fingerprint density at radius 3 is 2.58 bits per heavy atom. The summed E-state index contributed by atoms with van der Waals surface area (Å²) in [5, 5.41) is 8.85. The van der Waals surface area contributed by atoms with Crippen molar-refractivity contribution in [3.05, 3.63) is 34.9 Å². The van der Waals surface area contributed by atoms with Crippen LogP contribution in [0, 0.1) is 24.5 Å². The maximum atomic E-state index is 13.7. The van der Waals surface area contributed by atoms with Crippen molar-refractivity contribution in [3.8, 4) is 0 Å². The maximum absolute atomic E-state index is 13.7. The molecule has 1 aliphatic heterocycles. The van der Waals surface area contributed by atoms with Crippen molar-refractivity contribution in [2.75, 3.05) is 13.1 Å². The molecule has 4 nitrogen and oxygen atoms in total. The predicted molar refractivity (Wildman–Crippen MR) is 62.7 cm³/mol. The fourth-order valence-electron chi connectivity index (χ4n) is 2.13. The van der Waals surface area contributed by atoms with E-state index in [0.717, 1.165) is 12.1 Å². The number of halogens is 2. The molecule has 0 saturated carbocycles. The van der Waals surface area contributed by atoms with E-state index in [0.29, 0.717) is 6.42 Å². The highest BCUT2D eigenvalue weighted by Crippen LogP contribution is 2.21. The van der Waals surface area contributed by atoms with Gasteiger partial charge in [-0.05, 0) is 31.0 Å². The summed E-state index contributed by atoms with van der Waals surface area (Å²) >= 11 is 0. The van der Waals surface area contributed by atoms with Gasteiger partial charge in [-0.25, -0.2) is 8.78 Å². The Bertz CT molecular complexity index is 545. The second-order valence-electron chi connectivity index (χ2n) is 4.66. The smallest absolute Gasteiger partial charge is 0.308 e. The number of amides is 1. The van der Waals surface area contributed by atoms with Crippen LogP contribution in [0.2, 0.25) is 0 Å². The summed E-state index contributed by atoms with van der Waals surface area (Å²) in [5.74, 6) is -3.73. The minimum Gasteiger partial charge on any atom is -0.481 e. The van der Waals surface area contributed by atoms with Gasteiger partial charge in [0.25, 0.3) is 5.91 Å². The van der Waals surface area contributed by atoms with Crippen LogP contribution < -0.4 is 0 Å². The first-order valence-electron chi connectivity index (χ1n) is 5.88. The highest BCUT2D eigenvalue weighted by atomic mass is 19.1. The van der Waals surface area contributed by atoms with Crippen LogP contribution in [0.4, 0.5) is 8.78 Å². The average molecular weight is 269 g/mol. The molecule has 1 atom stereocenters. The summed E-state index contributed by atoms with van der Waals surface area (Å²) in [6, 6.07) is 1.83. The molecule has 1 amide bonds. The number of hydrogen-bond donors (Lipinski definition) is 1. The van der Waals surface area contributed by atoms with Crippen LogP contribution in [-0.2, 0) is 4.79 Å². The Morgan fingerprint density at radius 1 is 1.32 bits per heavy atom. The van der Waals surface area contributed by atoms with Crippen LogP contribution in [0.15, 0.2) is 12.1 Å². The maximum Gasteiger partial charge on any atom is 0.308 e. The first-order valence-corrected chi connectivity index (χ1v) is 5.88. The monoisotopic (exact) mass is 269 g/mol. The van der Waals surface area contributed by atoms with Gasteiger partial charge in [0.15, 0.2) is 0 Å². The highest BCUT2D eigenvalue weighted by molar-refractivity contribution is 5.95. The van der Waals surface area contributed by atoms with Crippen LogP contribution in [0.25, 0.3) is 0 Å². The third-order valence-corrected chi connectivity index (χ3v) is 3.30. The molecular weight excluding hydrogens is 256 g/mol. The van der Waals surface area contributed by atoms with Gasteiger partial charge in [0, 0.05) is 13.1 Å². The molecule has 2 rings (SSSR count). The molecule has 1 saturated heterocycles. The lowest BCUT2D eigenvalue weighted by Gasteiger charge is -2.16. The fraction of sp³-hybridized carbons (Fsp3) is 0.385. The van der Waals surface area contributed by atoms with Crippen molar-refractivity contribution in [1.29, 1.82) is 0 Å². The Balaban J connectivity index is 2.22. The van der Waals surface area contributed by atoms with E-state index >= 15 is 0 Å². The first-order chi connectivity index (χ1) is 8.90. The topological polar surface area (TPSA) is 57.6 Å². The van der Waals surface area contributed by atoms with E-state index < -0.39 is 29.4 Å². The van der Waals surface area contributed by atoms with Crippen LogP contribution in [0.3, 0.4) is 0 Å². The molecule has 1 fully saturated rings. The summed E-state index contributed by atoms with van der Waals surface area (Å²) in [6.07, 6.45) is 0.330. The van der Waals surface area contributed by atoms with Gasteiger partial charge in [0.1, 0.15) is 11.6 Å². The van der Waals surface area contributed by atoms with Gasteiger partial charge in [-0.3, -0.25) is 9.59 Å². The number of carboxylic acids is 1. The summed E-state index contributed by atoms with van der Waals surface area (Å²) in [6.45, 7) is 1.68. The van der Waals surface area contributed by atoms with Gasteiger partial charge in [0.05, 0.1) is 11.5 Å². The fourth-order valence-corrected chi connectivity index (χ4v) is 2.13. The molecule has 102 valence electrons. The molecule has 0 bridgehead atoms. The molecule has 19 heavy (non-hydrogen) atoms. The Hall–Kier alpha value is -1.98. The van der Waals surface area contributed by atoms with Gasteiger partial charge in [-0.15, -0.1) is 0 Å². The van der Waals surface area contributed by atoms with Crippen molar-refractivity contribution in [2.24, 2.45) is 5.92 Å². The molecule has 0 aliphatic carbocycles. The second-order valence-corrected chi connectivity index (χ2v) is 4.66. The summed E-state index contributed by atoms with van der Waals surface area (Å²) < 4.78 is 27.0. The Morgan fingerprint density at radius 2 is 2.00 bits per heavy atom. The quantitative estimate of drug-likeness (QED) is 0.891. The average Bonchev–Trinajstić information content (AvgIpc) is 2.82. The van der Waals surface area contributed by atoms with Gasteiger partial charge in [0.2, 0.25) is 0 Å². The largest absolute Gasteiger partial charge is 0.481 e. The zero-order valence-electron chi connectivity index (χ0n) is 10.3. The molecule has 0 radical (unpaired) electrons. The molecule has 6 heteroatoms. The third-order valence-electron chi connectivity index (χ3n) is 3.30. The van der Waals surface area contributed by atoms with Crippen molar-refractivity contribution in [1.82, 2.24) is 4.90 Å². The number of carbonyl (C=O) groups is 2. The van der Waals surface area contributed by atoms with Crippen molar-refractivity contribution >= 4 is 11.9 Å². The molecule has 1 heterocycles. The molecule has 1 aromatic carbocycles. The van der Waals surface area contributed by atoms with Crippen LogP contribution >= 0.6 is 0 Å². The van der Waals surface area contributed by atoms with Crippen molar-refractivity contribution in [3.63, 3.8) is 0 Å². The lowest BCUT2D eigenvalue weighted by molar-refractivity contribution is -0.141. The number of nitrogens with zero attached hydrogens (tertiary/aromatic N) is 1. The highest BCUT2D eigenvalue weighted by Gasteiger charge is 2.32. The zero-order valence-corrected chi connectivity index (χ0v) is 10.3.